The Morgan fingerprint density at radius 2 is 1.96 bits per heavy atom. The zero-order valence-corrected chi connectivity index (χ0v) is 16.4. The van der Waals surface area contributed by atoms with E-state index < -0.39 is 0 Å². The lowest BCUT2D eigenvalue weighted by atomic mass is 10.2. The molecule has 0 fully saturated rings. The van der Waals surface area contributed by atoms with Gasteiger partial charge in [0.25, 0.3) is 0 Å². The molecule has 2 aromatic heterocycles. The second-order valence-corrected chi connectivity index (χ2v) is 7.96. The van der Waals surface area contributed by atoms with Crippen molar-refractivity contribution in [1.29, 1.82) is 0 Å². The number of rotatable bonds is 6. The average molecular weight is 390 g/mol. The Labute approximate surface area is 159 Å². The molecular weight excluding hydrogens is 372 g/mol. The molecule has 1 atom stereocenters. The quantitative estimate of drug-likeness (QED) is 0.647. The van der Waals surface area contributed by atoms with E-state index in [1.165, 1.54) is 23.1 Å². The third-order valence-electron chi connectivity index (χ3n) is 3.59. The summed E-state index contributed by atoms with van der Waals surface area (Å²) >= 11 is 2.68. The first-order valence-electron chi connectivity index (χ1n) is 7.79. The Kier molecular flexibility index (Phi) is 5.52. The Hall–Kier alpha value is -2.46. The molecule has 10 heteroatoms. The molecule has 1 aromatic carbocycles. The van der Waals surface area contributed by atoms with Gasteiger partial charge in [0, 0.05) is 12.6 Å². The molecule has 1 N–H and O–H groups in total. The number of nitrogens with one attached hydrogen (secondary N) is 1. The Bertz CT molecular complexity index is 906. The third-order valence-corrected chi connectivity index (χ3v) is 5.48. The van der Waals surface area contributed by atoms with Crippen molar-refractivity contribution in [2.24, 2.45) is 7.05 Å². The van der Waals surface area contributed by atoms with Crippen molar-refractivity contribution in [3.63, 3.8) is 0 Å². The number of aromatic nitrogens is 5. The SMILES string of the molecule is COc1ccc(-c2nnc(SC(C)C(=O)Nc3nnc(C)s3)n2C)cc1. The molecule has 0 aliphatic heterocycles. The van der Waals surface area contributed by atoms with Crippen LogP contribution in [0.5, 0.6) is 5.75 Å². The van der Waals surface area contributed by atoms with E-state index in [-0.39, 0.29) is 11.2 Å². The summed E-state index contributed by atoms with van der Waals surface area (Å²) in [6.45, 7) is 3.65. The van der Waals surface area contributed by atoms with E-state index in [1.807, 2.05) is 49.7 Å². The van der Waals surface area contributed by atoms with Crippen molar-refractivity contribution in [2.45, 2.75) is 24.3 Å². The van der Waals surface area contributed by atoms with Gasteiger partial charge in [0.15, 0.2) is 11.0 Å². The highest BCUT2D eigenvalue weighted by atomic mass is 32.2. The van der Waals surface area contributed by atoms with Crippen LogP contribution in [0.2, 0.25) is 0 Å². The monoisotopic (exact) mass is 390 g/mol. The van der Waals surface area contributed by atoms with E-state index in [1.54, 1.807) is 7.11 Å². The van der Waals surface area contributed by atoms with Crippen molar-refractivity contribution in [1.82, 2.24) is 25.0 Å². The lowest BCUT2D eigenvalue weighted by Gasteiger charge is -2.10. The van der Waals surface area contributed by atoms with Gasteiger partial charge in [-0.15, -0.1) is 20.4 Å². The minimum atomic E-state index is -0.356. The maximum Gasteiger partial charge on any atom is 0.239 e. The molecule has 0 saturated carbocycles. The van der Waals surface area contributed by atoms with Crippen LogP contribution in [0.4, 0.5) is 5.13 Å². The predicted octanol–water partition coefficient (Wildman–Crippen LogP) is 2.77. The van der Waals surface area contributed by atoms with Gasteiger partial charge in [-0.2, -0.15) is 0 Å². The number of ether oxygens (including phenoxy) is 1. The largest absolute Gasteiger partial charge is 0.497 e. The summed E-state index contributed by atoms with van der Waals surface area (Å²) in [5.41, 5.74) is 0.925. The zero-order chi connectivity index (χ0) is 18.7. The predicted molar refractivity (Wildman–Crippen MR) is 102 cm³/mol. The fourth-order valence-electron chi connectivity index (χ4n) is 2.17. The summed E-state index contributed by atoms with van der Waals surface area (Å²) in [4.78, 5) is 12.3. The van der Waals surface area contributed by atoms with Gasteiger partial charge < -0.3 is 9.30 Å². The van der Waals surface area contributed by atoms with E-state index in [0.29, 0.717) is 10.3 Å². The first-order valence-corrected chi connectivity index (χ1v) is 9.49. The summed E-state index contributed by atoms with van der Waals surface area (Å²) in [7, 11) is 3.50. The molecule has 0 aliphatic carbocycles. The minimum absolute atomic E-state index is 0.153. The average Bonchev–Trinajstić information content (AvgIpc) is 3.21. The van der Waals surface area contributed by atoms with Crippen LogP contribution in [0.15, 0.2) is 29.4 Å². The molecule has 1 amide bonds. The first-order chi connectivity index (χ1) is 12.5. The molecule has 26 heavy (non-hydrogen) atoms. The van der Waals surface area contributed by atoms with Crippen molar-refractivity contribution >= 4 is 34.1 Å². The lowest BCUT2D eigenvalue weighted by Crippen LogP contribution is -2.22. The van der Waals surface area contributed by atoms with Crippen LogP contribution in [0.3, 0.4) is 0 Å². The van der Waals surface area contributed by atoms with Gasteiger partial charge in [0.1, 0.15) is 10.8 Å². The number of thioether (sulfide) groups is 1. The highest BCUT2D eigenvalue weighted by Crippen LogP contribution is 2.27. The Morgan fingerprint density at radius 1 is 1.23 bits per heavy atom. The highest BCUT2D eigenvalue weighted by Gasteiger charge is 2.20. The first kappa shape index (κ1) is 18.3. The molecule has 136 valence electrons. The molecule has 0 spiro atoms. The number of benzene rings is 1. The second kappa shape index (κ2) is 7.83. The Morgan fingerprint density at radius 3 is 2.58 bits per heavy atom. The van der Waals surface area contributed by atoms with Crippen LogP contribution in [-0.2, 0) is 11.8 Å². The van der Waals surface area contributed by atoms with Crippen molar-refractivity contribution in [3.05, 3.63) is 29.3 Å². The smallest absolute Gasteiger partial charge is 0.239 e. The zero-order valence-electron chi connectivity index (χ0n) is 14.8. The number of hydrogen-bond donors (Lipinski definition) is 1. The van der Waals surface area contributed by atoms with Crippen molar-refractivity contribution in [3.8, 4) is 17.1 Å². The number of methoxy groups -OCH3 is 1. The molecule has 0 bridgehead atoms. The van der Waals surface area contributed by atoms with Gasteiger partial charge in [0.05, 0.1) is 12.4 Å². The van der Waals surface area contributed by atoms with Gasteiger partial charge in [-0.1, -0.05) is 23.1 Å². The van der Waals surface area contributed by atoms with E-state index >= 15 is 0 Å². The molecule has 3 rings (SSSR count). The molecule has 0 aliphatic rings. The fraction of sp³-hybridized carbons (Fsp3) is 0.312. The number of aryl methyl sites for hydroxylation is 1. The third kappa shape index (κ3) is 4.02. The normalized spacial score (nSPS) is 12.0. The lowest BCUT2D eigenvalue weighted by molar-refractivity contribution is -0.115. The van der Waals surface area contributed by atoms with Crippen LogP contribution >= 0.6 is 23.1 Å². The van der Waals surface area contributed by atoms with E-state index in [2.05, 4.69) is 25.7 Å². The summed E-state index contributed by atoms with van der Waals surface area (Å²) in [5, 5.41) is 20.6. The maximum absolute atomic E-state index is 12.3. The van der Waals surface area contributed by atoms with E-state index in [9.17, 15) is 4.79 Å². The molecule has 2 heterocycles. The topological polar surface area (TPSA) is 94.8 Å². The van der Waals surface area contributed by atoms with Crippen LogP contribution in [-0.4, -0.2) is 43.2 Å². The molecule has 0 radical (unpaired) electrons. The maximum atomic E-state index is 12.3. The number of carbonyl (C=O) groups is 1. The van der Waals surface area contributed by atoms with Crippen molar-refractivity contribution in [2.75, 3.05) is 12.4 Å². The number of anilines is 1. The van der Waals surface area contributed by atoms with Gasteiger partial charge in [-0.05, 0) is 38.1 Å². The highest BCUT2D eigenvalue weighted by molar-refractivity contribution is 8.00. The van der Waals surface area contributed by atoms with E-state index in [0.717, 1.165) is 22.1 Å². The molecular formula is C16H18N6O2S2. The van der Waals surface area contributed by atoms with Gasteiger partial charge in [0.2, 0.25) is 11.0 Å². The second-order valence-electron chi connectivity index (χ2n) is 5.47. The van der Waals surface area contributed by atoms with Crippen LogP contribution < -0.4 is 10.1 Å². The van der Waals surface area contributed by atoms with Gasteiger partial charge >= 0.3 is 0 Å². The molecule has 1 unspecified atom stereocenters. The number of carbonyl (C=O) groups excluding carboxylic acids is 1. The summed E-state index contributed by atoms with van der Waals surface area (Å²) in [6, 6.07) is 7.59. The summed E-state index contributed by atoms with van der Waals surface area (Å²) < 4.78 is 7.04. The number of amides is 1. The number of nitrogens with zero attached hydrogens (tertiary/aromatic N) is 5. The van der Waals surface area contributed by atoms with E-state index in [4.69, 9.17) is 4.74 Å². The Balaban J connectivity index is 1.69. The van der Waals surface area contributed by atoms with Crippen LogP contribution in [0, 0.1) is 6.92 Å². The minimum Gasteiger partial charge on any atom is -0.497 e. The van der Waals surface area contributed by atoms with Gasteiger partial charge in [-0.3, -0.25) is 10.1 Å². The fourth-order valence-corrected chi connectivity index (χ4v) is 3.58. The summed E-state index contributed by atoms with van der Waals surface area (Å²) in [6.07, 6.45) is 0. The van der Waals surface area contributed by atoms with Crippen LogP contribution in [0.1, 0.15) is 11.9 Å². The molecule has 8 nitrogen and oxygen atoms in total. The molecule has 3 aromatic rings. The van der Waals surface area contributed by atoms with Crippen molar-refractivity contribution < 1.29 is 9.53 Å². The van der Waals surface area contributed by atoms with Gasteiger partial charge in [-0.25, -0.2) is 0 Å². The number of hydrogen-bond acceptors (Lipinski definition) is 8. The standard InChI is InChI=1S/C16H18N6O2S2/c1-9(14(23)17-15-20-18-10(2)26-15)25-16-21-19-13(22(16)3)11-5-7-12(24-4)8-6-11/h5-9H,1-4H3,(H,17,20,23). The molecule has 0 saturated heterocycles. The van der Waals surface area contributed by atoms with Crippen LogP contribution in [0.25, 0.3) is 11.4 Å². The summed E-state index contributed by atoms with van der Waals surface area (Å²) in [5.74, 6) is 1.35.